The van der Waals surface area contributed by atoms with Crippen LogP contribution in [0.2, 0.25) is 0 Å². The summed E-state index contributed by atoms with van der Waals surface area (Å²) in [5, 5.41) is 1.83. The van der Waals surface area contributed by atoms with Gasteiger partial charge in [-0.25, -0.2) is 9.78 Å². The molecule has 3 heterocycles. The van der Waals surface area contributed by atoms with Crippen molar-refractivity contribution >= 4 is 37.8 Å². The van der Waals surface area contributed by atoms with Crippen molar-refractivity contribution in [2.75, 3.05) is 0 Å². The molecule has 116 valence electrons. The SMILES string of the molecule is O=c1ccc2c(ccc3nc4c(cc32)COc2ccc(Br)cc2-4)o1. The molecule has 1 aliphatic rings. The quantitative estimate of drug-likeness (QED) is 0.329. The van der Waals surface area contributed by atoms with Crippen LogP contribution in [0.5, 0.6) is 5.75 Å². The summed E-state index contributed by atoms with van der Waals surface area (Å²) < 4.78 is 12.1. The van der Waals surface area contributed by atoms with Crippen molar-refractivity contribution in [2.24, 2.45) is 0 Å². The molecule has 0 N–H and O–H groups in total. The van der Waals surface area contributed by atoms with Gasteiger partial charge in [0, 0.05) is 32.4 Å². The molecule has 24 heavy (non-hydrogen) atoms. The first-order chi connectivity index (χ1) is 11.7. The first-order valence-electron chi connectivity index (χ1n) is 7.48. The Morgan fingerprint density at radius 1 is 1.00 bits per heavy atom. The van der Waals surface area contributed by atoms with Crippen molar-refractivity contribution in [2.45, 2.75) is 6.61 Å². The van der Waals surface area contributed by atoms with E-state index in [0.717, 1.165) is 43.3 Å². The van der Waals surface area contributed by atoms with Crippen LogP contribution in [0, 0.1) is 0 Å². The highest BCUT2D eigenvalue weighted by atomic mass is 79.9. The van der Waals surface area contributed by atoms with Crippen LogP contribution in [0.25, 0.3) is 33.1 Å². The molecule has 2 aromatic carbocycles. The Hall–Kier alpha value is -2.66. The standard InChI is InChI=1S/C19H10BrNO3/c20-11-1-4-16-14(8-11)19-10(9-23-16)7-13-12-2-6-18(22)24-17(12)5-3-15(13)21-19/h1-8H,9H2. The molecule has 0 bridgehead atoms. The maximum Gasteiger partial charge on any atom is 0.336 e. The second-order valence-electron chi connectivity index (χ2n) is 5.72. The monoisotopic (exact) mass is 379 g/mol. The van der Waals surface area contributed by atoms with Crippen LogP contribution in [0.1, 0.15) is 5.56 Å². The lowest BCUT2D eigenvalue weighted by Gasteiger charge is -2.21. The third-order valence-corrected chi connectivity index (χ3v) is 4.75. The lowest BCUT2D eigenvalue weighted by Crippen LogP contribution is -2.07. The van der Waals surface area contributed by atoms with Gasteiger partial charge in [0.25, 0.3) is 0 Å². The van der Waals surface area contributed by atoms with Gasteiger partial charge in [-0.2, -0.15) is 0 Å². The second kappa shape index (κ2) is 4.92. The summed E-state index contributed by atoms with van der Waals surface area (Å²) in [5.41, 5.74) is 4.01. The van der Waals surface area contributed by atoms with Crippen molar-refractivity contribution in [3.8, 4) is 17.0 Å². The number of ether oxygens (including phenoxy) is 1. The van der Waals surface area contributed by atoms with E-state index in [-0.39, 0.29) is 5.63 Å². The summed E-state index contributed by atoms with van der Waals surface area (Å²) in [7, 11) is 0. The van der Waals surface area contributed by atoms with Crippen LogP contribution < -0.4 is 10.4 Å². The number of hydrogen-bond donors (Lipinski definition) is 0. The number of nitrogens with zero attached hydrogens (tertiary/aromatic N) is 1. The summed E-state index contributed by atoms with van der Waals surface area (Å²) in [4.78, 5) is 16.3. The maximum atomic E-state index is 11.4. The molecule has 0 saturated carbocycles. The summed E-state index contributed by atoms with van der Waals surface area (Å²) in [5.74, 6) is 0.837. The van der Waals surface area contributed by atoms with E-state index < -0.39 is 0 Å². The van der Waals surface area contributed by atoms with Gasteiger partial charge in [-0.3, -0.25) is 0 Å². The minimum Gasteiger partial charge on any atom is -0.488 e. The highest BCUT2D eigenvalue weighted by Gasteiger charge is 2.20. The fraction of sp³-hybridized carbons (Fsp3) is 0.0526. The largest absolute Gasteiger partial charge is 0.488 e. The van der Waals surface area contributed by atoms with Crippen LogP contribution in [-0.4, -0.2) is 4.98 Å². The van der Waals surface area contributed by atoms with Gasteiger partial charge in [-0.1, -0.05) is 15.9 Å². The Morgan fingerprint density at radius 3 is 2.83 bits per heavy atom. The van der Waals surface area contributed by atoms with Gasteiger partial charge in [-0.05, 0) is 42.5 Å². The minimum absolute atomic E-state index is 0.352. The van der Waals surface area contributed by atoms with Crippen LogP contribution in [0.15, 0.2) is 62.2 Å². The molecule has 4 aromatic rings. The van der Waals surface area contributed by atoms with Crippen LogP contribution >= 0.6 is 15.9 Å². The molecule has 2 aromatic heterocycles. The van der Waals surface area contributed by atoms with Gasteiger partial charge in [-0.15, -0.1) is 0 Å². The lowest BCUT2D eigenvalue weighted by molar-refractivity contribution is 0.301. The van der Waals surface area contributed by atoms with E-state index in [1.807, 2.05) is 24.3 Å². The average molecular weight is 380 g/mol. The first kappa shape index (κ1) is 13.7. The molecule has 0 fully saturated rings. The molecule has 5 rings (SSSR count). The Bertz CT molecular complexity index is 1200. The fourth-order valence-electron chi connectivity index (χ4n) is 3.16. The van der Waals surface area contributed by atoms with Crippen LogP contribution in [-0.2, 0) is 6.61 Å². The average Bonchev–Trinajstić information content (AvgIpc) is 2.59. The molecule has 5 heteroatoms. The van der Waals surface area contributed by atoms with Crippen molar-refractivity contribution in [3.05, 3.63) is 69.0 Å². The molecular weight excluding hydrogens is 370 g/mol. The zero-order valence-corrected chi connectivity index (χ0v) is 14.0. The molecule has 0 atom stereocenters. The van der Waals surface area contributed by atoms with E-state index in [9.17, 15) is 4.79 Å². The molecule has 0 amide bonds. The summed E-state index contributed by atoms with van der Waals surface area (Å²) in [6.07, 6.45) is 0. The van der Waals surface area contributed by atoms with Crippen molar-refractivity contribution in [1.29, 1.82) is 0 Å². The third-order valence-electron chi connectivity index (χ3n) is 4.26. The molecular formula is C19H10BrNO3. The van der Waals surface area contributed by atoms with Gasteiger partial charge in [0.15, 0.2) is 0 Å². The number of benzene rings is 2. The fourth-order valence-corrected chi connectivity index (χ4v) is 3.52. The summed E-state index contributed by atoms with van der Waals surface area (Å²) >= 11 is 3.51. The van der Waals surface area contributed by atoms with Crippen LogP contribution in [0.4, 0.5) is 0 Å². The molecule has 0 radical (unpaired) electrons. The number of pyridine rings is 1. The normalized spacial score (nSPS) is 12.7. The topological polar surface area (TPSA) is 52.3 Å². The number of halogens is 1. The van der Waals surface area contributed by atoms with E-state index in [4.69, 9.17) is 14.1 Å². The van der Waals surface area contributed by atoms with Crippen molar-refractivity contribution in [3.63, 3.8) is 0 Å². The Labute approximate surface area is 144 Å². The van der Waals surface area contributed by atoms with Gasteiger partial charge in [0.05, 0.1) is 11.2 Å². The minimum atomic E-state index is -0.352. The molecule has 4 nitrogen and oxygen atoms in total. The first-order valence-corrected chi connectivity index (χ1v) is 8.27. The van der Waals surface area contributed by atoms with E-state index >= 15 is 0 Å². The van der Waals surface area contributed by atoms with E-state index in [2.05, 4.69) is 22.0 Å². The van der Waals surface area contributed by atoms with Gasteiger partial charge < -0.3 is 9.15 Å². The lowest BCUT2D eigenvalue weighted by atomic mass is 9.99. The Morgan fingerprint density at radius 2 is 1.92 bits per heavy atom. The van der Waals surface area contributed by atoms with E-state index in [1.54, 1.807) is 12.1 Å². The number of aromatic nitrogens is 1. The Balaban J connectivity index is 1.86. The van der Waals surface area contributed by atoms with Gasteiger partial charge >= 0.3 is 5.63 Å². The Kier molecular flexibility index (Phi) is 2.82. The zero-order valence-electron chi connectivity index (χ0n) is 12.4. The van der Waals surface area contributed by atoms with Crippen molar-refractivity contribution < 1.29 is 9.15 Å². The molecule has 0 spiro atoms. The van der Waals surface area contributed by atoms with E-state index in [0.29, 0.717) is 12.2 Å². The molecule has 0 unspecified atom stereocenters. The predicted molar refractivity (Wildman–Crippen MR) is 95.3 cm³/mol. The predicted octanol–water partition coefficient (Wildman–Crippen LogP) is 4.66. The smallest absolute Gasteiger partial charge is 0.336 e. The second-order valence-corrected chi connectivity index (χ2v) is 6.64. The number of rotatable bonds is 0. The maximum absolute atomic E-state index is 11.4. The molecule has 0 aliphatic carbocycles. The number of fused-ring (bicyclic) bond motifs is 6. The van der Waals surface area contributed by atoms with Gasteiger partial charge in [0.1, 0.15) is 17.9 Å². The zero-order chi connectivity index (χ0) is 16.3. The van der Waals surface area contributed by atoms with E-state index in [1.165, 1.54) is 6.07 Å². The van der Waals surface area contributed by atoms with Gasteiger partial charge in [0.2, 0.25) is 0 Å². The third kappa shape index (κ3) is 1.98. The summed E-state index contributed by atoms with van der Waals surface area (Å²) in [6, 6.07) is 14.9. The summed E-state index contributed by atoms with van der Waals surface area (Å²) in [6.45, 7) is 0.472. The molecule has 1 aliphatic heterocycles. The van der Waals surface area contributed by atoms with Crippen molar-refractivity contribution in [1.82, 2.24) is 4.98 Å². The molecule has 0 saturated heterocycles. The highest BCUT2D eigenvalue weighted by Crippen LogP contribution is 2.39. The van der Waals surface area contributed by atoms with Crippen LogP contribution in [0.3, 0.4) is 0 Å². The number of hydrogen-bond acceptors (Lipinski definition) is 4. The highest BCUT2D eigenvalue weighted by molar-refractivity contribution is 9.10.